The first-order chi connectivity index (χ1) is 21.6. The van der Waals surface area contributed by atoms with Gasteiger partial charge in [-0.15, -0.1) is 0 Å². The second-order valence-corrected chi connectivity index (χ2v) is 12.5. The Labute approximate surface area is 260 Å². The highest BCUT2D eigenvalue weighted by Gasteiger charge is 2.99. The summed E-state index contributed by atoms with van der Waals surface area (Å²) >= 11 is 0. The van der Waals surface area contributed by atoms with Crippen LogP contribution < -0.4 is 5.32 Å². The van der Waals surface area contributed by atoms with Crippen LogP contribution in [-0.2, 0) is 4.79 Å². The maximum atomic E-state index is 14.5. The van der Waals surface area contributed by atoms with E-state index >= 15 is 0 Å². The Morgan fingerprint density at radius 3 is 0.840 bits per heavy atom. The van der Waals surface area contributed by atoms with Crippen LogP contribution in [0, 0.1) is 17.8 Å². The SMILES string of the molecule is O=C(NC12CC3CC(CC(C3)C1)C2)C(F)(F)C(F)(F)C(F)(F)C(F)(F)C(F)(F)C(F)(F)C(F)(F)C(F)(F)C(F)(F)C(F)(F)C(F)(F)C(F)(F)F. The summed E-state index contributed by atoms with van der Waals surface area (Å²) in [4.78, 5) is 12.1. The van der Waals surface area contributed by atoms with E-state index in [-0.39, 0.29) is 19.3 Å². The van der Waals surface area contributed by atoms with Gasteiger partial charge < -0.3 is 5.32 Å². The van der Waals surface area contributed by atoms with Crippen molar-refractivity contribution in [3.05, 3.63) is 0 Å². The van der Waals surface area contributed by atoms with Gasteiger partial charge in [0.1, 0.15) is 0 Å². The van der Waals surface area contributed by atoms with Gasteiger partial charge in [0, 0.05) is 5.54 Å². The zero-order valence-corrected chi connectivity index (χ0v) is 23.3. The first-order valence-electron chi connectivity index (χ1n) is 13.2. The van der Waals surface area contributed by atoms with Gasteiger partial charge in [-0.2, -0.15) is 110 Å². The van der Waals surface area contributed by atoms with Crippen molar-refractivity contribution in [1.82, 2.24) is 5.32 Å². The van der Waals surface area contributed by atoms with Crippen molar-refractivity contribution in [2.24, 2.45) is 17.8 Å². The molecule has 0 heterocycles. The van der Waals surface area contributed by atoms with E-state index in [1.165, 1.54) is 0 Å². The van der Waals surface area contributed by atoms with Crippen LogP contribution in [0.5, 0.6) is 0 Å². The van der Waals surface area contributed by atoms with Crippen LogP contribution in [0.25, 0.3) is 0 Å². The molecule has 4 fully saturated rings. The molecule has 2 nitrogen and oxygen atoms in total. The van der Waals surface area contributed by atoms with Gasteiger partial charge in [-0.05, 0) is 56.3 Å². The molecular formula is C23H16F25NO. The quantitative estimate of drug-likeness (QED) is 0.196. The molecule has 0 unspecified atom stereocenters. The van der Waals surface area contributed by atoms with Gasteiger partial charge in [-0.25, -0.2) is 0 Å². The number of rotatable bonds is 12. The average molecular weight is 797 g/mol. The summed E-state index contributed by atoms with van der Waals surface area (Å²) in [6, 6.07) is 0. The Hall–Kier alpha value is -2.28. The first-order valence-corrected chi connectivity index (χ1v) is 13.2. The third-order valence-corrected chi connectivity index (χ3v) is 9.00. The predicted molar refractivity (Wildman–Crippen MR) is 110 cm³/mol. The van der Waals surface area contributed by atoms with E-state index in [2.05, 4.69) is 0 Å². The fourth-order valence-corrected chi connectivity index (χ4v) is 6.68. The lowest BCUT2D eigenvalue weighted by Crippen LogP contribution is -2.78. The van der Waals surface area contributed by atoms with E-state index in [4.69, 9.17) is 0 Å². The standard InChI is InChI=1S/C23H16F25NO/c24-12(25,10(50)49-11-4-7-1-8(5-11)3-9(2-7)6-11)13(26,27)14(28,29)15(30,31)16(32,33)17(34,35)18(36,37)19(38,39)20(40,41)21(42,43)22(44,45)23(46,47)48/h7-9H,1-6H2,(H,49,50). The monoisotopic (exact) mass is 797 g/mol. The zero-order valence-electron chi connectivity index (χ0n) is 23.3. The molecule has 1 N–H and O–H groups in total. The van der Waals surface area contributed by atoms with Crippen molar-refractivity contribution < 1.29 is 115 Å². The van der Waals surface area contributed by atoms with E-state index in [0.29, 0.717) is 19.3 Å². The fraction of sp³-hybridized carbons (Fsp3) is 0.957. The van der Waals surface area contributed by atoms with E-state index in [0.717, 1.165) is 5.32 Å². The van der Waals surface area contributed by atoms with E-state index in [1.807, 2.05) is 0 Å². The van der Waals surface area contributed by atoms with Gasteiger partial charge in [0.05, 0.1) is 0 Å². The summed E-state index contributed by atoms with van der Waals surface area (Å²) in [5.74, 6) is -105. The molecule has 0 saturated heterocycles. The Kier molecular flexibility index (Phi) is 9.17. The summed E-state index contributed by atoms with van der Waals surface area (Å²) in [6.07, 6.45) is -7.94. The van der Waals surface area contributed by atoms with Gasteiger partial charge in [-0.1, -0.05) is 0 Å². The van der Waals surface area contributed by atoms with Gasteiger partial charge in [0.2, 0.25) is 0 Å². The maximum absolute atomic E-state index is 14.5. The van der Waals surface area contributed by atoms with Crippen molar-refractivity contribution in [3.63, 3.8) is 0 Å². The Morgan fingerprint density at radius 1 is 0.380 bits per heavy atom. The summed E-state index contributed by atoms with van der Waals surface area (Å²) in [6.45, 7) is 0. The molecule has 0 aromatic rings. The lowest BCUT2D eigenvalue weighted by Gasteiger charge is -2.57. The third kappa shape index (κ3) is 5.04. The zero-order chi connectivity index (χ0) is 39.8. The molecule has 0 aromatic heterocycles. The van der Waals surface area contributed by atoms with Crippen LogP contribution in [0.1, 0.15) is 38.5 Å². The number of carbonyl (C=O) groups excluding carboxylic acids is 1. The largest absolute Gasteiger partial charge is 0.460 e. The summed E-state index contributed by atoms with van der Waals surface area (Å²) in [5, 5.41) is 1.16. The number of halogens is 25. The topological polar surface area (TPSA) is 29.1 Å². The second-order valence-electron chi connectivity index (χ2n) is 12.5. The molecule has 0 radical (unpaired) electrons. The minimum atomic E-state index is -9.65. The van der Waals surface area contributed by atoms with Crippen molar-refractivity contribution in [2.75, 3.05) is 0 Å². The van der Waals surface area contributed by atoms with Crippen LogP contribution in [-0.4, -0.2) is 82.8 Å². The second kappa shape index (κ2) is 10.9. The number of nitrogens with one attached hydrogen (secondary N) is 1. The van der Waals surface area contributed by atoms with Crippen molar-refractivity contribution in [3.8, 4) is 0 Å². The summed E-state index contributed by atoms with van der Waals surface area (Å²) < 4.78 is 342. The molecule has 0 aliphatic heterocycles. The maximum Gasteiger partial charge on any atom is 0.460 e. The minimum absolute atomic E-state index is 0.313. The molecule has 0 spiro atoms. The van der Waals surface area contributed by atoms with E-state index in [1.54, 1.807) is 0 Å². The summed E-state index contributed by atoms with van der Waals surface area (Å²) in [5.41, 5.74) is -1.93. The van der Waals surface area contributed by atoms with Crippen molar-refractivity contribution >= 4 is 5.91 Å². The molecule has 1 amide bonds. The predicted octanol–water partition coefficient (Wildman–Crippen LogP) is 9.62. The van der Waals surface area contributed by atoms with E-state index in [9.17, 15) is 115 Å². The highest BCUT2D eigenvalue weighted by atomic mass is 19.4. The fourth-order valence-electron chi connectivity index (χ4n) is 6.68. The molecule has 4 bridgehead atoms. The minimum Gasteiger partial charge on any atom is -0.345 e. The summed E-state index contributed by atoms with van der Waals surface area (Å²) in [7, 11) is 0. The molecular weight excluding hydrogens is 781 g/mol. The molecule has 4 aliphatic rings. The smallest absolute Gasteiger partial charge is 0.345 e. The number of amides is 1. The molecule has 4 saturated carbocycles. The third-order valence-electron chi connectivity index (χ3n) is 9.00. The number of carbonyl (C=O) groups is 1. The Bertz CT molecular complexity index is 1290. The molecule has 50 heavy (non-hydrogen) atoms. The van der Waals surface area contributed by atoms with Gasteiger partial charge in [0.15, 0.2) is 0 Å². The van der Waals surface area contributed by atoms with Crippen molar-refractivity contribution in [1.29, 1.82) is 0 Å². The molecule has 294 valence electrons. The molecule has 4 aliphatic carbocycles. The first kappa shape index (κ1) is 42.1. The van der Waals surface area contributed by atoms with Crippen molar-refractivity contribution in [2.45, 2.75) is 115 Å². The van der Waals surface area contributed by atoms with Gasteiger partial charge in [-0.3, -0.25) is 4.79 Å². The molecule has 0 atom stereocenters. The van der Waals surface area contributed by atoms with E-state index < -0.39 is 101 Å². The number of hydrogen-bond donors (Lipinski definition) is 1. The lowest BCUT2D eigenvalue weighted by molar-refractivity contribution is -0.481. The van der Waals surface area contributed by atoms with Crippen LogP contribution in [0.4, 0.5) is 110 Å². The normalized spacial score (nSPS) is 26.8. The van der Waals surface area contributed by atoms with Gasteiger partial charge >= 0.3 is 71.3 Å². The average Bonchev–Trinajstić information content (AvgIpc) is 2.90. The molecule has 0 aromatic carbocycles. The van der Waals surface area contributed by atoms with Crippen LogP contribution in [0.2, 0.25) is 0 Å². The van der Waals surface area contributed by atoms with Crippen LogP contribution in [0.15, 0.2) is 0 Å². The van der Waals surface area contributed by atoms with Gasteiger partial charge in [0.25, 0.3) is 5.91 Å². The van der Waals surface area contributed by atoms with Crippen LogP contribution >= 0.6 is 0 Å². The number of hydrogen-bond acceptors (Lipinski definition) is 1. The number of alkyl halides is 25. The molecule has 27 heteroatoms. The Balaban J connectivity index is 2.04. The highest BCUT2D eigenvalue weighted by molar-refractivity contribution is 5.85. The Morgan fingerprint density at radius 2 is 0.600 bits per heavy atom. The van der Waals surface area contributed by atoms with Crippen LogP contribution in [0.3, 0.4) is 0 Å². The lowest BCUT2D eigenvalue weighted by atomic mass is 9.53. The molecule has 4 rings (SSSR count). The highest BCUT2D eigenvalue weighted by Crippen LogP contribution is 2.68.